The molecule has 1 heterocycles. The Morgan fingerprint density at radius 2 is 1.72 bits per heavy atom. The van der Waals surface area contributed by atoms with Crippen LogP contribution in [0, 0.1) is 0 Å². The first-order valence-corrected chi connectivity index (χ1v) is 6.23. The van der Waals surface area contributed by atoms with Crippen molar-refractivity contribution in [2.45, 2.75) is 26.4 Å². The molecule has 0 amide bonds. The molecule has 0 radical (unpaired) electrons. The molecule has 0 aliphatic rings. The lowest BCUT2D eigenvalue weighted by molar-refractivity contribution is 0.414. The highest BCUT2D eigenvalue weighted by molar-refractivity contribution is 5.27. The van der Waals surface area contributed by atoms with Gasteiger partial charge in [0, 0.05) is 13.0 Å². The summed E-state index contributed by atoms with van der Waals surface area (Å²) >= 11 is 0. The summed E-state index contributed by atoms with van der Waals surface area (Å²) in [6.45, 7) is 3.67. The van der Waals surface area contributed by atoms with Crippen LogP contribution < -0.4 is 10.1 Å². The lowest BCUT2D eigenvalue weighted by atomic mass is 10.2. The molecule has 0 saturated heterocycles. The SMILES string of the molecule is CCc1ccc(CNCc2ccc(OC)cc2)o1. The topological polar surface area (TPSA) is 34.4 Å². The maximum absolute atomic E-state index is 5.62. The first-order valence-electron chi connectivity index (χ1n) is 6.23. The largest absolute Gasteiger partial charge is 0.497 e. The average molecular weight is 245 g/mol. The third-order valence-electron chi connectivity index (χ3n) is 2.85. The van der Waals surface area contributed by atoms with Crippen molar-refractivity contribution in [2.24, 2.45) is 0 Å². The quantitative estimate of drug-likeness (QED) is 0.849. The Bertz CT molecular complexity index is 473. The zero-order valence-electron chi connectivity index (χ0n) is 10.9. The predicted octanol–water partition coefficient (Wildman–Crippen LogP) is 3.14. The second-order valence-corrected chi connectivity index (χ2v) is 4.17. The van der Waals surface area contributed by atoms with Gasteiger partial charge in [0.1, 0.15) is 17.3 Å². The van der Waals surface area contributed by atoms with E-state index in [1.807, 2.05) is 24.3 Å². The standard InChI is InChI=1S/C15H19NO2/c1-3-13-8-9-15(18-13)11-16-10-12-4-6-14(17-2)7-5-12/h4-9,16H,3,10-11H2,1-2H3. The van der Waals surface area contributed by atoms with Crippen molar-refractivity contribution in [3.63, 3.8) is 0 Å². The molecule has 1 N–H and O–H groups in total. The van der Waals surface area contributed by atoms with Crippen LogP contribution in [0.15, 0.2) is 40.8 Å². The van der Waals surface area contributed by atoms with Crippen LogP contribution in [0.4, 0.5) is 0 Å². The number of hydrogen-bond donors (Lipinski definition) is 1. The van der Waals surface area contributed by atoms with Crippen molar-refractivity contribution in [1.82, 2.24) is 5.32 Å². The molecule has 0 fully saturated rings. The molecular formula is C15H19NO2. The van der Waals surface area contributed by atoms with E-state index in [0.717, 1.165) is 36.8 Å². The Morgan fingerprint density at radius 3 is 2.33 bits per heavy atom. The van der Waals surface area contributed by atoms with Crippen LogP contribution in [0.3, 0.4) is 0 Å². The summed E-state index contributed by atoms with van der Waals surface area (Å²) in [7, 11) is 1.68. The molecule has 0 saturated carbocycles. The Labute approximate surface area is 108 Å². The van der Waals surface area contributed by atoms with Crippen molar-refractivity contribution >= 4 is 0 Å². The summed E-state index contributed by atoms with van der Waals surface area (Å²) in [5, 5.41) is 3.36. The number of hydrogen-bond acceptors (Lipinski definition) is 3. The molecule has 3 heteroatoms. The molecule has 0 aliphatic heterocycles. The Morgan fingerprint density at radius 1 is 1.00 bits per heavy atom. The number of aryl methyl sites for hydroxylation is 1. The van der Waals surface area contributed by atoms with Crippen LogP contribution in [-0.2, 0) is 19.5 Å². The first-order chi connectivity index (χ1) is 8.81. The molecule has 1 aromatic carbocycles. The summed E-state index contributed by atoms with van der Waals surface area (Å²) in [5.41, 5.74) is 1.23. The fraction of sp³-hybridized carbons (Fsp3) is 0.333. The third-order valence-corrected chi connectivity index (χ3v) is 2.85. The molecule has 18 heavy (non-hydrogen) atoms. The maximum atomic E-state index is 5.62. The minimum absolute atomic E-state index is 0.756. The fourth-order valence-corrected chi connectivity index (χ4v) is 1.78. The predicted molar refractivity (Wildman–Crippen MR) is 71.6 cm³/mol. The molecule has 1 aromatic heterocycles. The minimum atomic E-state index is 0.756. The van der Waals surface area contributed by atoms with Gasteiger partial charge in [-0.2, -0.15) is 0 Å². The van der Waals surface area contributed by atoms with Gasteiger partial charge in [-0.25, -0.2) is 0 Å². The van der Waals surface area contributed by atoms with Gasteiger partial charge in [0.15, 0.2) is 0 Å². The number of furan rings is 1. The van der Waals surface area contributed by atoms with Crippen LogP contribution in [0.2, 0.25) is 0 Å². The fourth-order valence-electron chi connectivity index (χ4n) is 1.78. The zero-order valence-corrected chi connectivity index (χ0v) is 10.9. The van der Waals surface area contributed by atoms with E-state index in [9.17, 15) is 0 Å². The smallest absolute Gasteiger partial charge is 0.118 e. The summed E-state index contributed by atoms with van der Waals surface area (Å²) in [5.74, 6) is 2.91. The Balaban J connectivity index is 1.80. The van der Waals surface area contributed by atoms with Crippen molar-refractivity contribution in [3.05, 3.63) is 53.5 Å². The lowest BCUT2D eigenvalue weighted by Gasteiger charge is -2.04. The van der Waals surface area contributed by atoms with Crippen molar-refractivity contribution in [3.8, 4) is 5.75 Å². The maximum Gasteiger partial charge on any atom is 0.118 e. The van der Waals surface area contributed by atoms with Gasteiger partial charge in [-0.15, -0.1) is 0 Å². The third kappa shape index (κ3) is 3.37. The van der Waals surface area contributed by atoms with Gasteiger partial charge in [-0.1, -0.05) is 19.1 Å². The molecule has 3 nitrogen and oxygen atoms in total. The molecule has 0 aliphatic carbocycles. The minimum Gasteiger partial charge on any atom is -0.497 e. The molecule has 2 rings (SSSR count). The van der Waals surface area contributed by atoms with Gasteiger partial charge in [0.2, 0.25) is 0 Å². The van der Waals surface area contributed by atoms with E-state index in [-0.39, 0.29) is 0 Å². The van der Waals surface area contributed by atoms with Crippen LogP contribution >= 0.6 is 0 Å². The van der Waals surface area contributed by atoms with Crippen LogP contribution in [-0.4, -0.2) is 7.11 Å². The summed E-state index contributed by atoms with van der Waals surface area (Å²) in [4.78, 5) is 0. The van der Waals surface area contributed by atoms with Crippen LogP contribution in [0.5, 0.6) is 5.75 Å². The zero-order chi connectivity index (χ0) is 12.8. The molecule has 0 spiro atoms. The summed E-state index contributed by atoms with van der Waals surface area (Å²) in [6.07, 6.45) is 0.943. The number of methoxy groups -OCH3 is 1. The van der Waals surface area contributed by atoms with Gasteiger partial charge >= 0.3 is 0 Å². The Kier molecular flexibility index (Phi) is 4.42. The van der Waals surface area contributed by atoms with E-state index in [1.54, 1.807) is 7.11 Å². The number of ether oxygens (including phenoxy) is 1. The van der Waals surface area contributed by atoms with Crippen molar-refractivity contribution in [2.75, 3.05) is 7.11 Å². The van der Waals surface area contributed by atoms with Gasteiger partial charge < -0.3 is 14.5 Å². The highest BCUT2D eigenvalue weighted by Gasteiger charge is 2.00. The molecule has 96 valence electrons. The van der Waals surface area contributed by atoms with Crippen molar-refractivity contribution in [1.29, 1.82) is 0 Å². The van der Waals surface area contributed by atoms with E-state index in [0.29, 0.717) is 0 Å². The number of benzene rings is 1. The summed E-state index contributed by atoms with van der Waals surface area (Å²) < 4.78 is 10.7. The molecule has 0 unspecified atom stereocenters. The van der Waals surface area contributed by atoms with E-state index in [4.69, 9.17) is 9.15 Å². The second kappa shape index (κ2) is 6.26. The van der Waals surface area contributed by atoms with E-state index < -0.39 is 0 Å². The highest BCUT2D eigenvalue weighted by atomic mass is 16.5. The normalized spacial score (nSPS) is 10.6. The van der Waals surface area contributed by atoms with E-state index >= 15 is 0 Å². The summed E-state index contributed by atoms with van der Waals surface area (Å²) in [6, 6.07) is 12.1. The lowest BCUT2D eigenvalue weighted by Crippen LogP contribution is -2.11. The monoisotopic (exact) mass is 245 g/mol. The second-order valence-electron chi connectivity index (χ2n) is 4.17. The van der Waals surface area contributed by atoms with E-state index in [2.05, 4.69) is 24.4 Å². The van der Waals surface area contributed by atoms with Crippen molar-refractivity contribution < 1.29 is 9.15 Å². The molecule has 0 atom stereocenters. The average Bonchev–Trinajstić information content (AvgIpc) is 2.87. The Hall–Kier alpha value is -1.74. The van der Waals surface area contributed by atoms with Crippen LogP contribution in [0.25, 0.3) is 0 Å². The first kappa shape index (κ1) is 12.7. The molecular weight excluding hydrogens is 226 g/mol. The highest BCUT2D eigenvalue weighted by Crippen LogP contribution is 2.12. The van der Waals surface area contributed by atoms with Gasteiger partial charge in [-0.05, 0) is 29.8 Å². The van der Waals surface area contributed by atoms with Gasteiger partial charge in [-0.3, -0.25) is 0 Å². The van der Waals surface area contributed by atoms with Gasteiger partial charge in [0.25, 0.3) is 0 Å². The number of nitrogens with one attached hydrogen (secondary N) is 1. The number of rotatable bonds is 6. The van der Waals surface area contributed by atoms with Gasteiger partial charge in [0.05, 0.1) is 13.7 Å². The van der Waals surface area contributed by atoms with E-state index in [1.165, 1.54) is 5.56 Å². The molecule has 0 bridgehead atoms. The molecule has 2 aromatic rings. The van der Waals surface area contributed by atoms with Crippen LogP contribution in [0.1, 0.15) is 24.0 Å².